The molecule has 0 saturated carbocycles. The summed E-state index contributed by atoms with van der Waals surface area (Å²) >= 11 is 6.25. The summed E-state index contributed by atoms with van der Waals surface area (Å²) < 4.78 is 18.4. The first-order valence-electron chi connectivity index (χ1n) is 6.66. The minimum absolute atomic E-state index is 0.591. The van der Waals surface area contributed by atoms with Gasteiger partial charge in [0.25, 0.3) is 0 Å². The summed E-state index contributed by atoms with van der Waals surface area (Å²) in [5, 5.41) is 0.591. The Morgan fingerprint density at radius 2 is 2.00 bits per heavy atom. The van der Waals surface area contributed by atoms with E-state index in [0.717, 1.165) is 33.8 Å². The van der Waals surface area contributed by atoms with E-state index in [1.807, 2.05) is 30.3 Å². The molecule has 0 aromatic heterocycles. The van der Waals surface area contributed by atoms with Gasteiger partial charge in [-0.05, 0) is 30.2 Å². The fourth-order valence-electron chi connectivity index (χ4n) is 2.42. The maximum Gasteiger partial charge on any atom is 0.142 e. The van der Waals surface area contributed by atoms with Crippen LogP contribution in [0.25, 0.3) is 0 Å². The van der Waals surface area contributed by atoms with Crippen LogP contribution in [0.2, 0.25) is 5.02 Å². The van der Waals surface area contributed by atoms with E-state index in [1.165, 1.54) is 0 Å². The van der Waals surface area contributed by atoms with Gasteiger partial charge >= 0.3 is 0 Å². The Bertz CT molecular complexity index is 682. The van der Waals surface area contributed by atoms with Gasteiger partial charge in [0, 0.05) is 16.9 Å². The molecule has 1 aliphatic rings. The monoisotopic (exact) mass is 306 g/mol. The molecule has 2 aromatic rings. The molecule has 0 N–H and O–H groups in total. The van der Waals surface area contributed by atoms with Crippen molar-refractivity contribution >= 4 is 22.4 Å². The third kappa shape index (κ3) is 2.25. The van der Waals surface area contributed by atoms with E-state index < -0.39 is 10.8 Å². The van der Waals surface area contributed by atoms with Crippen LogP contribution in [-0.4, -0.2) is 10.8 Å². The van der Waals surface area contributed by atoms with E-state index in [2.05, 4.69) is 6.92 Å². The fraction of sp³-hybridized carbons (Fsp3) is 0.250. The topological polar surface area (TPSA) is 26.3 Å². The third-order valence-electron chi connectivity index (χ3n) is 3.36. The molecule has 1 unspecified atom stereocenters. The quantitative estimate of drug-likeness (QED) is 0.725. The largest absolute Gasteiger partial charge is 0.492 e. The molecule has 2 nitrogen and oxygen atoms in total. The molecule has 0 aliphatic carbocycles. The number of hydrogen-bond donors (Lipinski definition) is 0. The Hall–Kier alpha value is -1.32. The number of benzene rings is 2. The van der Waals surface area contributed by atoms with Crippen molar-refractivity contribution in [2.45, 2.75) is 29.6 Å². The van der Waals surface area contributed by atoms with Crippen molar-refractivity contribution in [3.8, 4) is 5.75 Å². The second-order valence-electron chi connectivity index (χ2n) is 4.75. The Morgan fingerprint density at radius 3 is 2.80 bits per heavy atom. The Morgan fingerprint density at radius 1 is 1.20 bits per heavy atom. The number of hydrogen-bond acceptors (Lipinski definition) is 2. The van der Waals surface area contributed by atoms with Gasteiger partial charge in [-0.3, -0.25) is 0 Å². The van der Waals surface area contributed by atoms with Crippen LogP contribution in [0.4, 0.5) is 0 Å². The molecule has 0 saturated heterocycles. The predicted octanol–water partition coefficient (Wildman–Crippen LogP) is 4.20. The van der Waals surface area contributed by atoms with E-state index in [-0.39, 0.29) is 0 Å². The second kappa shape index (κ2) is 5.58. The van der Waals surface area contributed by atoms with Gasteiger partial charge in [-0.15, -0.1) is 0 Å². The second-order valence-corrected chi connectivity index (χ2v) is 6.58. The molecule has 20 heavy (non-hydrogen) atoms. The van der Waals surface area contributed by atoms with E-state index in [4.69, 9.17) is 16.3 Å². The molecule has 1 heterocycles. The SMILES string of the molecule is CCCOc1c(Cl)ccc2c1Cc1ccccc1S2=O. The smallest absolute Gasteiger partial charge is 0.142 e. The van der Waals surface area contributed by atoms with Gasteiger partial charge in [-0.1, -0.05) is 36.7 Å². The first-order valence-corrected chi connectivity index (χ1v) is 8.19. The average Bonchev–Trinajstić information content (AvgIpc) is 2.47. The highest BCUT2D eigenvalue weighted by Crippen LogP contribution is 2.40. The van der Waals surface area contributed by atoms with Gasteiger partial charge in [0.1, 0.15) is 5.75 Å². The van der Waals surface area contributed by atoms with E-state index in [1.54, 1.807) is 6.07 Å². The molecule has 104 valence electrons. The highest BCUT2D eigenvalue weighted by molar-refractivity contribution is 7.85. The van der Waals surface area contributed by atoms with Crippen molar-refractivity contribution in [2.24, 2.45) is 0 Å². The van der Waals surface area contributed by atoms with Gasteiger partial charge in [0.15, 0.2) is 0 Å². The van der Waals surface area contributed by atoms with Gasteiger partial charge in [-0.25, -0.2) is 4.21 Å². The summed E-state index contributed by atoms with van der Waals surface area (Å²) in [7, 11) is -1.15. The van der Waals surface area contributed by atoms with Crippen molar-refractivity contribution < 1.29 is 8.95 Å². The lowest BCUT2D eigenvalue weighted by atomic mass is 10.0. The summed E-state index contributed by atoms with van der Waals surface area (Å²) in [4.78, 5) is 1.71. The first kappa shape index (κ1) is 13.7. The fourth-order valence-corrected chi connectivity index (χ4v) is 4.05. The minimum Gasteiger partial charge on any atom is -0.492 e. The first-order chi connectivity index (χ1) is 9.72. The van der Waals surface area contributed by atoms with Crippen LogP contribution in [0.5, 0.6) is 5.75 Å². The molecule has 3 rings (SSSR count). The Kier molecular flexibility index (Phi) is 3.81. The van der Waals surface area contributed by atoms with Crippen molar-refractivity contribution in [1.82, 2.24) is 0 Å². The maximum atomic E-state index is 12.7. The number of ether oxygens (including phenoxy) is 1. The number of halogens is 1. The molecule has 2 aromatic carbocycles. The predicted molar refractivity (Wildman–Crippen MR) is 81.2 cm³/mol. The normalized spacial score (nSPS) is 16.4. The van der Waals surface area contributed by atoms with Crippen LogP contribution in [0.3, 0.4) is 0 Å². The van der Waals surface area contributed by atoms with Gasteiger partial charge < -0.3 is 4.74 Å². The van der Waals surface area contributed by atoms with Crippen molar-refractivity contribution in [1.29, 1.82) is 0 Å². The van der Waals surface area contributed by atoms with Gasteiger partial charge in [0.2, 0.25) is 0 Å². The molecule has 0 bridgehead atoms. The van der Waals surface area contributed by atoms with Gasteiger partial charge in [0.05, 0.1) is 27.3 Å². The van der Waals surface area contributed by atoms with Gasteiger partial charge in [-0.2, -0.15) is 0 Å². The number of fused-ring (bicyclic) bond motifs is 2. The summed E-state index contributed by atoms with van der Waals surface area (Å²) in [6, 6.07) is 11.5. The van der Waals surface area contributed by atoms with E-state index in [9.17, 15) is 4.21 Å². The van der Waals surface area contributed by atoms with Crippen LogP contribution >= 0.6 is 11.6 Å². The minimum atomic E-state index is -1.15. The standard InChI is InChI=1S/C16H15ClO2S/c1-2-9-19-16-12-10-11-5-3-4-6-14(11)20(18)15(12)8-7-13(16)17/h3-8H,2,9-10H2,1H3. The lowest BCUT2D eigenvalue weighted by Crippen LogP contribution is -2.11. The molecular formula is C16H15ClO2S. The molecule has 1 aliphatic heterocycles. The molecule has 0 amide bonds. The number of rotatable bonds is 3. The van der Waals surface area contributed by atoms with Crippen LogP contribution in [0.1, 0.15) is 24.5 Å². The lowest BCUT2D eigenvalue weighted by Gasteiger charge is -2.22. The van der Waals surface area contributed by atoms with E-state index >= 15 is 0 Å². The summed E-state index contributed by atoms with van der Waals surface area (Å²) in [6.07, 6.45) is 1.64. The van der Waals surface area contributed by atoms with Crippen molar-refractivity contribution in [2.75, 3.05) is 6.61 Å². The third-order valence-corrected chi connectivity index (χ3v) is 5.24. The zero-order chi connectivity index (χ0) is 14.1. The maximum absolute atomic E-state index is 12.7. The Labute approximate surface area is 126 Å². The Balaban J connectivity index is 2.12. The lowest BCUT2D eigenvalue weighted by molar-refractivity contribution is 0.313. The highest BCUT2D eigenvalue weighted by atomic mass is 35.5. The molecule has 0 radical (unpaired) electrons. The van der Waals surface area contributed by atoms with Crippen LogP contribution in [-0.2, 0) is 17.2 Å². The summed E-state index contributed by atoms with van der Waals surface area (Å²) in [6.45, 7) is 2.67. The molecular weight excluding hydrogens is 292 g/mol. The molecule has 4 heteroatoms. The average molecular weight is 307 g/mol. The molecule has 0 fully saturated rings. The summed E-state index contributed by atoms with van der Waals surface area (Å²) in [5.74, 6) is 0.689. The highest BCUT2D eigenvalue weighted by Gasteiger charge is 2.25. The van der Waals surface area contributed by atoms with Crippen LogP contribution in [0, 0.1) is 0 Å². The molecule has 1 atom stereocenters. The molecule has 0 spiro atoms. The zero-order valence-electron chi connectivity index (χ0n) is 11.2. The van der Waals surface area contributed by atoms with Crippen LogP contribution in [0.15, 0.2) is 46.2 Å². The van der Waals surface area contributed by atoms with Crippen molar-refractivity contribution in [3.63, 3.8) is 0 Å². The van der Waals surface area contributed by atoms with Crippen LogP contribution < -0.4 is 4.74 Å². The van der Waals surface area contributed by atoms with E-state index in [0.29, 0.717) is 17.4 Å². The van der Waals surface area contributed by atoms with Crippen molar-refractivity contribution in [3.05, 3.63) is 52.5 Å². The summed E-state index contributed by atoms with van der Waals surface area (Å²) in [5.41, 5.74) is 2.05. The zero-order valence-corrected chi connectivity index (χ0v) is 12.8.